The average molecular weight is 295 g/mol. The van der Waals surface area contributed by atoms with Crippen LogP contribution in [0, 0.1) is 5.82 Å². The molecule has 0 aliphatic heterocycles. The molecule has 2 aromatic carbocycles. The van der Waals surface area contributed by atoms with Crippen LogP contribution in [0.2, 0.25) is 0 Å². The van der Waals surface area contributed by atoms with Gasteiger partial charge in [0, 0.05) is 16.6 Å². The highest BCUT2D eigenvalue weighted by molar-refractivity contribution is 5.86. The summed E-state index contributed by atoms with van der Waals surface area (Å²) < 4.78 is 56.7. The van der Waals surface area contributed by atoms with Crippen LogP contribution in [-0.4, -0.2) is 0 Å². The van der Waals surface area contributed by atoms with Crippen LogP contribution in [0.15, 0.2) is 46.9 Å². The van der Waals surface area contributed by atoms with E-state index in [1.165, 1.54) is 24.3 Å². The van der Waals surface area contributed by atoms with Gasteiger partial charge in [-0.15, -0.1) is 0 Å². The molecule has 0 spiro atoms. The van der Waals surface area contributed by atoms with Gasteiger partial charge in [0.2, 0.25) is 0 Å². The fraction of sp³-hybridized carbons (Fsp3) is 0.0667. The van der Waals surface area contributed by atoms with Crippen LogP contribution < -0.4 is 5.73 Å². The minimum atomic E-state index is -4.47. The lowest BCUT2D eigenvalue weighted by molar-refractivity contribution is -0.137. The zero-order chi connectivity index (χ0) is 15.2. The third kappa shape index (κ3) is 2.33. The Balaban J connectivity index is 2.13. The third-order valence-electron chi connectivity index (χ3n) is 3.14. The van der Waals surface area contributed by atoms with Crippen molar-refractivity contribution in [3.05, 3.63) is 53.8 Å². The molecule has 0 saturated carbocycles. The minimum Gasteiger partial charge on any atom is -0.453 e. The van der Waals surface area contributed by atoms with Gasteiger partial charge in [-0.05, 0) is 30.3 Å². The van der Waals surface area contributed by atoms with Gasteiger partial charge < -0.3 is 10.2 Å². The van der Waals surface area contributed by atoms with Gasteiger partial charge in [-0.25, -0.2) is 4.39 Å². The van der Waals surface area contributed by atoms with E-state index in [2.05, 4.69) is 0 Å². The van der Waals surface area contributed by atoms with Crippen LogP contribution in [0.5, 0.6) is 0 Å². The van der Waals surface area contributed by atoms with E-state index >= 15 is 0 Å². The number of furan rings is 1. The van der Waals surface area contributed by atoms with E-state index in [4.69, 9.17) is 10.2 Å². The second kappa shape index (κ2) is 4.51. The zero-order valence-electron chi connectivity index (χ0n) is 10.5. The number of nitrogens with two attached hydrogens (primary N) is 1. The Morgan fingerprint density at radius 1 is 1.00 bits per heavy atom. The molecule has 3 rings (SSSR count). The average Bonchev–Trinajstić information content (AvgIpc) is 2.82. The van der Waals surface area contributed by atoms with Crippen molar-refractivity contribution in [2.45, 2.75) is 6.18 Å². The summed E-state index contributed by atoms with van der Waals surface area (Å²) in [6, 6.07) is 8.91. The van der Waals surface area contributed by atoms with Gasteiger partial charge in [0.15, 0.2) is 11.4 Å². The lowest BCUT2D eigenvalue weighted by Crippen LogP contribution is -2.05. The summed E-state index contributed by atoms with van der Waals surface area (Å²) in [5.41, 5.74) is 5.07. The van der Waals surface area contributed by atoms with Crippen molar-refractivity contribution in [3.8, 4) is 11.3 Å². The molecule has 1 heterocycles. The van der Waals surface area contributed by atoms with E-state index in [9.17, 15) is 17.6 Å². The molecule has 0 unspecified atom stereocenters. The topological polar surface area (TPSA) is 39.2 Å². The van der Waals surface area contributed by atoms with Crippen molar-refractivity contribution in [2.24, 2.45) is 0 Å². The highest BCUT2D eigenvalue weighted by Crippen LogP contribution is 2.36. The highest BCUT2D eigenvalue weighted by Gasteiger charge is 2.31. The molecule has 108 valence electrons. The van der Waals surface area contributed by atoms with Crippen molar-refractivity contribution >= 4 is 16.7 Å². The summed E-state index contributed by atoms with van der Waals surface area (Å²) in [4.78, 5) is 0. The molecule has 3 aromatic rings. The Bertz CT molecular complexity index is 820. The Morgan fingerprint density at radius 3 is 2.38 bits per heavy atom. The summed E-state index contributed by atoms with van der Waals surface area (Å²) in [6.45, 7) is 0. The van der Waals surface area contributed by atoms with Crippen molar-refractivity contribution in [3.63, 3.8) is 0 Å². The van der Waals surface area contributed by atoms with Crippen LogP contribution >= 0.6 is 0 Å². The summed E-state index contributed by atoms with van der Waals surface area (Å²) in [5, 5.41) is 0.518. The third-order valence-corrected chi connectivity index (χ3v) is 3.14. The smallest absolute Gasteiger partial charge is 0.416 e. The molecular weight excluding hydrogens is 286 g/mol. The summed E-state index contributed by atoms with van der Waals surface area (Å²) in [7, 11) is 0. The quantitative estimate of drug-likeness (QED) is 0.515. The molecule has 0 saturated heterocycles. The second-order valence-electron chi connectivity index (χ2n) is 4.57. The van der Waals surface area contributed by atoms with Crippen LogP contribution in [0.1, 0.15) is 5.56 Å². The van der Waals surface area contributed by atoms with Crippen molar-refractivity contribution in [2.75, 3.05) is 5.73 Å². The van der Waals surface area contributed by atoms with Crippen molar-refractivity contribution < 1.29 is 22.0 Å². The Kier molecular flexibility index (Phi) is 2.90. The summed E-state index contributed by atoms with van der Waals surface area (Å²) in [6.07, 6.45) is -4.47. The first-order valence-electron chi connectivity index (χ1n) is 6.01. The van der Waals surface area contributed by atoms with Gasteiger partial charge in [0.1, 0.15) is 5.76 Å². The number of rotatable bonds is 1. The Labute approximate surface area is 116 Å². The maximum atomic E-state index is 13.6. The zero-order valence-corrected chi connectivity index (χ0v) is 10.5. The van der Waals surface area contributed by atoms with Gasteiger partial charge in [-0.1, -0.05) is 12.1 Å². The molecule has 0 atom stereocenters. The summed E-state index contributed by atoms with van der Waals surface area (Å²) in [5.74, 6) is -0.314. The van der Waals surface area contributed by atoms with Crippen molar-refractivity contribution in [1.29, 1.82) is 0 Å². The first-order chi connectivity index (χ1) is 9.86. The van der Waals surface area contributed by atoms with Gasteiger partial charge in [-0.2, -0.15) is 13.2 Å². The molecule has 0 radical (unpaired) electrons. The fourth-order valence-corrected chi connectivity index (χ4v) is 2.12. The molecule has 0 fully saturated rings. The maximum absolute atomic E-state index is 13.6. The largest absolute Gasteiger partial charge is 0.453 e. The van der Waals surface area contributed by atoms with E-state index in [1.807, 2.05) is 0 Å². The van der Waals surface area contributed by atoms with Crippen LogP contribution in [0.4, 0.5) is 23.2 Å². The summed E-state index contributed by atoms with van der Waals surface area (Å²) >= 11 is 0. The predicted octanol–water partition coefficient (Wildman–Crippen LogP) is 4.84. The molecule has 21 heavy (non-hydrogen) atoms. The molecule has 2 nitrogen and oxygen atoms in total. The Hall–Kier alpha value is -2.50. The molecule has 0 amide bonds. The van der Waals surface area contributed by atoms with Crippen LogP contribution in [0.3, 0.4) is 0 Å². The highest BCUT2D eigenvalue weighted by atomic mass is 19.4. The SMILES string of the molecule is Nc1cc(C(F)(F)F)ccc1-c1cc2cccc(F)c2o1. The number of halogens is 4. The number of anilines is 1. The standard InChI is InChI=1S/C15H9F4NO/c16-11-3-1-2-8-6-13(21-14(8)11)10-5-4-9(7-12(10)20)15(17,18)19/h1-7H,20H2. The van der Waals surface area contributed by atoms with Gasteiger partial charge in [-0.3, -0.25) is 0 Å². The number of hydrogen-bond donors (Lipinski definition) is 1. The van der Waals surface area contributed by atoms with E-state index in [-0.39, 0.29) is 17.0 Å². The number of fused-ring (bicyclic) bond motifs is 1. The number of alkyl halides is 3. The first-order valence-corrected chi connectivity index (χ1v) is 6.01. The molecule has 0 aliphatic carbocycles. The normalized spacial score (nSPS) is 12.0. The fourth-order valence-electron chi connectivity index (χ4n) is 2.12. The predicted molar refractivity (Wildman–Crippen MR) is 71.0 cm³/mol. The monoisotopic (exact) mass is 295 g/mol. The van der Waals surface area contributed by atoms with E-state index in [0.29, 0.717) is 10.9 Å². The molecule has 6 heteroatoms. The number of benzene rings is 2. The lowest BCUT2D eigenvalue weighted by Gasteiger charge is -2.09. The molecular formula is C15H9F4NO. The van der Waals surface area contributed by atoms with E-state index in [1.54, 1.807) is 6.07 Å². The lowest BCUT2D eigenvalue weighted by atomic mass is 10.1. The van der Waals surface area contributed by atoms with Gasteiger partial charge in [0.25, 0.3) is 0 Å². The van der Waals surface area contributed by atoms with Gasteiger partial charge >= 0.3 is 6.18 Å². The number of hydrogen-bond acceptors (Lipinski definition) is 2. The van der Waals surface area contributed by atoms with E-state index < -0.39 is 17.6 Å². The number of para-hydroxylation sites is 1. The van der Waals surface area contributed by atoms with Gasteiger partial charge in [0.05, 0.1) is 5.56 Å². The van der Waals surface area contributed by atoms with Crippen molar-refractivity contribution in [1.82, 2.24) is 0 Å². The Morgan fingerprint density at radius 2 is 1.76 bits per heavy atom. The molecule has 1 aromatic heterocycles. The second-order valence-corrected chi connectivity index (χ2v) is 4.57. The van der Waals surface area contributed by atoms with Crippen LogP contribution in [0.25, 0.3) is 22.3 Å². The maximum Gasteiger partial charge on any atom is 0.416 e. The van der Waals surface area contributed by atoms with E-state index in [0.717, 1.165) is 12.1 Å². The molecule has 0 bridgehead atoms. The van der Waals surface area contributed by atoms with Crippen LogP contribution in [-0.2, 0) is 6.18 Å². The number of nitrogen functional groups attached to an aromatic ring is 1. The first kappa shape index (κ1) is 13.5. The molecule has 2 N–H and O–H groups in total. The molecule has 0 aliphatic rings. The minimum absolute atomic E-state index is 0.0480.